The summed E-state index contributed by atoms with van der Waals surface area (Å²) in [5.74, 6) is 2.64. The van der Waals surface area contributed by atoms with E-state index >= 15 is 0 Å². The second-order valence-electron chi connectivity index (χ2n) is 5.38. The van der Waals surface area contributed by atoms with Crippen molar-refractivity contribution in [3.63, 3.8) is 0 Å². The molecule has 0 unspecified atom stereocenters. The zero-order chi connectivity index (χ0) is 18.7. The van der Waals surface area contributed by atoms with Gasteiger partial charge < -0.3 is 24.3 Å². The van der Waals surface area contributed by atoms with Gasteiger partial charge in [-0.15, -0.1) is 0 Å². The molecule has 0 aliphatic heterocycles. The van der Waals surface area contributed by atoms with Gasteiger partial charge in [-0.2, -0.15) is 0 Å². The topological polar surface area (TPSA) is 61.8 Å². The number of ether oxygens (including phenoxy) is 4. The molecule has 7 heteroatoms. The summed E-state index contributed by atoms with van der Waals surface area (Å²) in [5, 5.41) is 4.33. The molecule has 0 aliphatic rings. The van der Waals surface area contributed by atoms with Crippen molar-refractivity contribution < 1.29 is 18.9 Å². The standard InChI is InChI=1S/C19H19ClN2O4/c1-23-11-5-6-16(25-3)13(9-11)21-14-10-12-15(24-2)7-8-17(26-4)18(12)22-19(14)20/h5-10,21H,1-4H3. The van der Waals surface area contributed by atoms with E-state index in [4.69, 9.17) is 30.5 Å². The summed E-state index contributed by atoms with van der Waals surface area (Å²) in [7, 11) is 6.40. The molecule has 0 aliphatic carbocycles. The van der Waals surface area contributed by atoms with Gasteiger partial charge in [0.05, 0.1) is 39.8 Å². The molecule has 1 N–H and O–H groups in total. The van der Waals surface area contributed by atoms with Crippen LogP contribution in [0.15, 0.2) is 36.4 Å². The Labute approximate surface area is 156 Å². The van der Waals surface area contributed by atoms with Crippen molar-refractivity contribution in [3.05, 3.63) is 41.6 Å². The van der Waals surface area contributed by atoms with Crippen molar-refractivity contribution in [2.24, 2.45) is 0 Å². The first kappa shape index (κ1) is 17.9. The number of hydrogen-bond acceptors (Lipinski definition) is 6. The SMILES string of the molecule is COc1ccc(OC)c(Nc2cc3c(OC)ccc(OC)c3nc2Cl)c1. The van der Waals surface area contributed by atoms with Gasteiger partial charge in [0.25, 0.3) is 0 Å². The molecule has 0 radical (unpaired) electrons. The van der Waals surface area contributed by atoms with Gasteiger partial charge in [0, 0.05) is 11.5 Å². The smallest absolute Gasteiger partial charge is 0.153 e. The molecule has 0 saturated heterocycles. The lowest BCUT2D eigenvalue weighted by molar-refractivity contribution is 0.405. The van der Waals surface area contributed by atoms with E-state index in [-0.39, 0.29) is 0 Å². The fourth-order valence-corrected chi connectivity index (χ4v) is 2.86. The lowest BCUT2D eigenvalue weighted by Gasteiger charge is -2.15. The van der Waals surface area contributed by atoms with Gasteiger partial charge in [-0.1, -0.05) is 11.6 Å². The Hall–Kier alpha value is -2.86. The number of nitrogens with one attached hydrogen (secondary N) is 1. The molecule has 26 heavy (non-hydrogen) atoms. The van der Waals surface area contributed by atoms with Gasteiger partial charge in [0.15, 0.2) is 5.15 Å². The number of anilines is 2. The number of benzene rings is 2. The molecule has 0 atom stereocenters. The predicted molar refractivity (Wildman–Crippen MR) is 103 cm³/mol. The maximum atomic E-state index is 6.40. The molecule has 1 heterocycles. The molecule has 0 fully saturated rings. The van der Waals surface area contributed by atoms with Crippen LogP contribution >= 0.6 is 11.6 Å². The lowest BCUT2D eigenvalue weighted by Crippen LogP contribution is -1.99. The van der Waals surface area contributed by atoms with E-state index in [1.165, 1.54) is 0 Å². The van der Waals surface area contributed by atoms with Gasteiger partial charge in [0.1, 0.15) is 28.5 Å². The van der Waals surface area contributed by atoms with Crippen molar-refractivity contribution in [1.29, 1.82) is 0 Å². The van der Waals surface area contributed by atoms with Crippen molar-refractivity contribution in [1.82, 2.24) is 4.98 Å². The van der Waals surface area contributed by atoms with E-state index in [0.717, 1.165) is 5.39 Å². The first-order valence-electron chi connectivity index (χ1n) is 7.81. The van der Waals surface area contributed by atoms with Crippen LogP contribution < -0.4 is 24.3 Å². The monoisotopic (exact) mass is 374 g/mol. The van der Waals surface area contributed by atoms with Crippen LogP contribution in [0.2, 0.25) is 5.15 Å². The molecular weight excluding hydrogens is 356 g/mol. The molecule has 0 amide bonds. The Morgan fingerprint density at radius 3 is 2.08 bits per heavy atom. The van der Waals surface area contributed by atoms with E-state index in [2.05, 4.69) is 10.3 Å². The molecular formula is C19H19ClN2O4. The minimum atomic E-state index is 0.300. The summed E-state index contributed by atoms with van der Waals surface area (Å²) < 4.78 is 21.5. The molecule has 136 valence electrons. The van der Waals surface area contributed by atoms with Crippen LogP contribution in [-0.4, -0.2) is 33.4 Å². The Kier molecular flexibility index (Phi) is 5.23. The van der Waals surface area contributed by atoms with E-state index in [0.29, 0.717) is 45.0 Å². The second-order valence-corrected chi connectivity index (χ2v) is 5.74. The number of methoxy groups -OCH3 is 4. The van der Waals surface area contributed by atoms with Crippen LogP contribution in [0, 0.1) is 0 Å². The molecule has 0 bridgehead atoms. The summed E-state index contributed by atoms with van der Waals surface area (Å²) in [6.45, 7) is 0. The van der Waals surface area contributed by atoms with Crippen LogP contribution in [0.1, 0.15) is 0 Å². The molecule has 3 aromatic rings. The zero-order valence-corrected chi connectivity index (χ0v) is 15.7. The van der Waals surface area contributed by atoms with Crippen LogP contribution in [0.4, 0.5) is 11.4 Å². The minimum absolute atomic E-state index is 0.300. The van der Waals surface area contributed by atoms with E-state index in [1.54, 1.807) is 34.5 Å². The fourth-order valence-electron chi connectivity index (χ4n) is 2.67. The van der Waals surface area contributed by atoms with Crippen molar-refractivity contribution >= 4 is 33.9 Å². The third-order valence-corrected chi connectivity index (χ3v) is 4.26. The van der Waals surface area contributed by atoms with Crippen LogP contribution in [0.25, 0.3) is 10.9 Å². The highest BCUT2D eigenvalue weighted by Gasteiger charge is 2.14. The number of fused-ring (bicyclic) bond motifs is 1. The Balaban J connectivity index is 2.13. The number of hydrogen-bond donors (Lipinski definition) is 1. The zero-order valence-electron chi connectivity index (χ0n) is 14.9. The highest BCUT2D eigenvalue weighted by atomic mass is 35.5. The Bertz CT molecular complexity index is 946. The first-order valence-corrected chi connectivity index (χ1v) is 8.19. The van der Waals surface area contributed by atoms with Crippen molar-refractivity contribution in [3.8, 4) is 23.0 Å². The fraction of sp³-hybridized carbons (Fsp3) is 0.211. The van der Waals surface area contributed by atoms with Gasteiger partial charge in [-0.25, -0.2) is 4.98 Å². The van der Waals surface area contributed by atoms with E-state index in [9.17, 15) is 0 Å². The normalized spacial score (nSPS) is 10.5. The third-order valence-electron chi connectivity index (χ3n) is 3.98. The molecule has 1 aromatic heterocycles. The lowest BCUT2D eigenvalue weighted by atomic mass is 10.1. The summed E-state index contributed by atoms with van der Waals surface area (Å²) in [6.07, 6.45) is 0. The number of halogens is 1. The maximum absolute atomic E-state index is 6.40. The van der Waals surface area contributed by atoms with Crippen LogP contribution in [-0.2, 0) is 0 Å². The first-order chi connectivity index (χ1) is 12.6. The Morgan fingerprint density at radius 1 is 0.769 bits per heavy atom. The molecule has 3 rings (SSSR count). The Morgan fingerprint density at radius 2 is 1.42 bits per heavy atom. The van der Waals surface area contributed by atoms with E-state index < -0.39 is 0 Å². The van der Waals surface area contributed by atoms with E-state index in [1.807, 2.05) is 30.3 Å². The van der Waals surface area contributed by atoms with Crippen LogP contribution in [0.5, 0.6) is 23.0 Å². The highest BCUT2D eigenvalue weighted by Crippen LogP contribution is 2.39. The summed E-state index contributed by atoms with van der Waals surface area (Å²) in [6, 6.07) is 10.9. The number of nitrogens with zero attached hydrogens (tertiary/aromatic N) is 1. The van der Waals surface area contributed by atoms with Gasteiger partial charge >= 0.3 is 0 Å². The summed E-state index contributed by atoms with van der Waals surface area (Å²) in [5.41, 5.74) is 1.94. The van der Waals surface area contributed by atoms with Gasteiger partial charge in [-0.3, -0.25) is 0 Å². The largest absolute Gasteiger partial charge is 0.497 e. The van der Waals surface area contributed by atoms with Crippen LogP contribution in [0.3, 0.4) is 0 Å². The molecule has 6 nitrogen and oxygen atoms in total. The molecule has 2 aromatic carbocycles. The highest BCUT2D eigenvalue weighted by molar-refractivity contribution is 6.32. The summed E-state index contributed by atoms with van der Waals surface area (Å²) in [4.78, 5) is 4.48. The van der Waals surface area contributed by atoms with Gasteiger partial charge in [-0.05, 0) is 30.3 Å². The quantitative estimate of drug-likeness (QED) is 0.633. The average Bonchev–Trinajstić information content (AvgIpc) is 2.67. The average molecular weight is 375 g/mol. The number of aromatic nitrogens is 1. The molecule has 0 spiro atoms. The number of pyridine rings is 1. The summed E-state index contributed by atoms with van der Waals surface area (Å²) >= 11 is 6.40. The predicted octanol–water partition coefficient (Wildman–Crippen LogP) is 4.67. The van der Waals surface area contributed by atoms with Gasteiger partial charge in [0.2, 0.25) is 0 Å². The minimum Gasteiger partial charge on any atom is -0.497 e. The number of rotatable bonds is 6. The second kappa shape index (κ2) is 7.58. The third kappa shape index (κ3) is 3.28. The van der Waals surface area contributed by atoms with Crippen molar-refractivity contribution in [2.75, 3.05) is 33.8 Å². The maximum Gasteiger partial charge on any atom is 0.153 e. The van der Waals surface area contributed by atoms with Crippen molar-refractivity contribution in [2.45, 2.75) is 0 Å². The molecule has 0 saturated carbocycles.